The first-order valence-corrected chi connectivity index (χ1v) is 7.05. The van der Waals surface area contributed by atoms with E-state index in [1.165, 1.54) is 25.2 Å². The molecule has 0 spiro atoms. The van der Waals surface area contributed by atoms with E-state index < -0.39 is 25.3 Å². The van der Waals surface area contributed by atoms with Crippen molar-refractivity contribution in [1.29, 1.82) is 0 Å². The Kier molecular flexibility index (Phi) is 3.69. The number of rotatable bonds is 4. The molecule has 2 unspecified atom stereocenters. The fraction of sp³-hybridized carbons (Fsp3) is 0.636. The summed E-state index contributed by atoms with van der Waals surface area (Å²) in [6.07, 6.45) is 4.42. The van der Waals surface area contributed by atoms with Crippen molar-refractivity contribution in [3.05, 3.63) is 33.9 Å². The average Bonchev–Trinajstić information content (AvgIpc) is 2.20. The summed E-state index contributed by atoms with van der Waals surface area (Å²) in [5.41, 5.74) is -1.26. The van der Waals surface area contributed by atoms with Crippen LogP contribution in [0.3, 0.4) is 0 Å². The third-order valence-electron chi connectivity index (χ3n) is 3.44. The van der Waals surface area contributed by atoms with Gasteiger partial charge in [-0.3, -0.25) is 14.7 Å². The molecule has 102 valence electrons. The highest BCUT2D eigenvalue weighted by Crippen LogP contribution is 2.42. The third-order valence-corrected chi connectivity index (χ3v) is 5.12. The lowest BCUT2D eigenvalue weighted by molar-refractivity contribution is -0.555. The monoisotopic (exact) mass is 275 g/mol. The van der Waals surface area contributed by atoms with Crippen LogP contribution in [0.25, 0.3) is 0 Å². The first kappa shape index (κ1) is 14.8. The largest absolute Gasteiger partial charge is 0.285 e. The van der Waals surface area contributed by atoms with Gasteiger partial charge in [-0.2, -0.15) is 8.42 Å². The molecule has 0 bridgehead atoms. The van der Waals surface area contributed by atoms with Gasteiger partial charge in [-0.05, 0) is 25.0 Å². The van der Waals surface area contributed by atoms with Gasteiger partial charge in [0.05, 0.1) is 0 Å². The molecule has 0 saturated heterocycles. The Balaban J connectivity index is 3.60. The molecule has 0 fully saturated rings. The molecule has 6 nitrogen and oxygen atoms in total. The predicted octanol–water partition coefficient (Wildman–Crippen LogP) is 1.96. The minimum atomic E-state index is -4.60. The molecule has 2 atom stereocenters. The highest BCUT2D eigenvalue weighted by atomic mass is 32.2. The zero-order chi connectivity index (χ0) is 14.2. The summed E-state index contributed by atoms with van der Waals surface area (Å²) >= 11 is 0. The number of nitro groups is 1. The fourth-order valence-electron chi connectivity index (χ4n) is 2.44. The maximum atomic E-state index is 11.7. The van der Waals surface area contributed by atoms with Crippen LogP contribution in [0.5, 0.6) is 0 Å². The zero-order valence-electron chi connectivity index (χ0n) is 10.6. The maximum absolute atomic E-state index is 11.7. The summed E-state index contributed by atoms with van der Waals surface area (Å²) in [6, 6.07) is 0. The quantitative estimate of drug-likeness (QED) is 0.480. The topological polar surface area (TPSA) is 97.5 Å². The normalized spacial score (nSPS) is 32.1. The molecule has 0 heterocycles. The second kappa shape index (κ2) is 4.47. The van der Waals surface area contributed by atoms with Gasteiger partial charge >= 0.3 is 0 Å². The van der Waals surface area contributed by atoms with Gasteiger partial charge in [0.25, 0.3) is 15.7 Å². The van der Waals surface area contributed by atoms with E-state index in [1.807, 2.05) is 0 Å². The van der Waals surface area contributed by atoms with Gasteiger partial charge in [-0.15, -0.1) is 0 Å². The van der Waals surface area contributed by atoms with Gasteiger partial charge in [-0.1, -0.05) is 25.5 Å². The molecular weight excluding hydrogens is 258 g/mol. The Morgan fingerprint density at radius 2 is 2.06 bits per heavy atom. The molecule has 0 radical (unpaired) electrons. The Morgan fingerprint density at radius 1 is 1.50 bits per heavy atom. The van der Waals surface area contributed by atoms with Crippen molar-refractivity contribution in [3.8, 4) is 0 Å². The second-order valence-electron chi connectivity index (χ2n) is 4.74. The van der Waals surface area contributed by atoms with Crippen LogP contribution in [0.2, 0.25) is 0 Å². The lowest BCUT2D eigenvalue weighted by atomic mass is 9.77. The van der Waals surface area contributed by atoms with Gasteiger partial charge in [0.15, 0.2) is 4.75 Å². The highest BCUT2D eigenvalue weighted by molar-refractivity contribution is 7.87. The molecule has 1 aliphatic carbocycles. The van der Waals surface area contributed by atoms with Crippen LogP contribution in [0.4, 0.5) is 0 Å². The molecule has 0 saturated carbocycles. The van der Waals surface area contributed by atoms with E-state index >= 15 is 0 Å². The van der Waals surface area contributed by atoms with Crippen molar-refractivity contribution < 1.29 is 17.9 Å². The third kappa shape index (κ3) is 1.97. The van der Waals surface area contributed by atoms with Crippen molar-refractivity contribution in [2.75, 3.05) is 0 Å². The summed E-state index contributed by atoms with van der Waals surface area (Å²) in [6.45, 7) is 4.59. The average molecular weight is 275 g/mol. The van der Waals surface area contributed by atoms with Crippen molar-refractivity contribution in [3.63, 3.8) is 0 Å². The van der Waals surface area contributed by atoms with Crippen LogP contribution >= 0.6 is 0 Å². The standard InChI is InChI=1S/C11H17NO5S/c1-4-6-11(18(15,16)17)7-5-9(2)8-10(11,3)12(13)14/h5,7-8H,4,6H2,1-3H3,(H,15,16,17). The fourth-order valence-corrected chi connectivity index (χ4v) is 3.80. The molecular formula is C11H17NO5S. The molecule has 0 aromatic heterocycles. The van der Waals surface area contributed by atoms with Crippen LogP contribution in [0.1, 0.15) is 33.6 Å². The molecule has 1 N–H and O–H groups in total. The minimum absolute atomic E-state index is 0.0103. The lowest BCUT2D eigenvalue weighted by Gasteiger charge is -2.37. The molecule has 1 aliphatic rings. The van der Waals surface area contributed by atoms with E-state index in [2.05, 4.69) is 0 Å². The van der Waals surface area contributed by atoms with Gasteiger partial charge in [0.1, 0.15) is 0 Å². The first-order chi connectivity index (χ1) is 8.10. The van der Waals surface area contributed by atoms with Crippen LogP contribution in [0.15, 0.2) is 23.8 Å². The summed E-state index contributed by atoms with van der Waals surface area (Å²) < 4.78 is 31.0. The van der Waals surface area contributed by atoms with E-state index in [0.29, 0.717) is 12.0 Å². The van der Waals surface area contributed by atoms with Crippen LogP contribution in [-0.2, 0) is 10.1 Å². The number of nitrogens with zero attached hydrogens (tertiary/aromatic N) is 1. The molecule has 0 aliphatic heterocycles. The summed E-state index contributed by atoms with van der Waals surface area (Å²) in [7, 11) is -4.60. The highest BCUT2D eigenvalue weighted by Gasteiger charge is 2.63. The smallest absolute Gasteiger partial charge is 0.281 e. The van der Waals surface area contributed by atoms with Crippen LogP contribution in [0, 0.1) is 10.1 Å². The predicted molar refractivity (Wildman–Crippen MR) is 67.5 cm³/mol. The summed E-state index contributed by atoms with van der Waals surface area (Å²) in [4.78, 5) is 10.7. The van der Waals surface area contributed by atoms with E-state index in [9.17, 15) is 23.1 Å². The Hall–Kier alpha value is -1.21. The first-order valence-electron chi connectivity index (χ1n) is 5.61. The molecule has 0 amide bonds. The maximum Gasteiger partial charge on any atom is 0.281 e. The van der Waals surface area contributed by atoms with Crippen molar-refractivity contribution >= 4 is 10.1 Å². The van der Waals surface area contributed by atoms with E-state index in [-0.39, 0.29) is 6.42 Å². The SMILES string of the molecule is CCCC1(S(=O)(=O)O)C=CC(C)=CC1(C)[N+](=O)[O-]. The van der Waals surface area contributed by atoms with Gasteiger partial charge in [-0.25, -0.2) is 0 Å². The van der Waals surface area contributed by atoms with Crippen molar-refractivity contribution in [2.45, 2.75) is 43.9 Å². The van der Waals surface area contributed by atoms with E-state index in [1.54, 1.807) is 13.8 Å². The lowest BCUT2D eigenvalue weighted by Crippen LogP contribution is -2.60. The number of allylic oxidation sites excluding steroid dienone is 2. The molecule has 1 rings (SSSR count). The summed E-state index contributed by atoms with van der Waals surface area (Å²) in [5, 5.41) is 11.3. The van der Waals surface area contributed by atoms with Crippen molar-refractivity contribution in [1.82, 2.24) is 0 Å². The van der Waals surface area contributed by atoms with Gasteiger partial charge < -0.3 is 0 Å². The number of hydrogen-bond donors (Lipinski definition) is 1. The van der Waals surface area contributed by atoms with E-state index in [0.717, 1.165) is 0 Å². The zero-order valence-corrected chi connectivity index (χ0v) is 11.4. The van der Waals surface area contributed by atoms with Crippen molar-refractivity contribution in [2.24, 2.45) is 0 Å². The molecule has 0 aromatic carbocycles. The van der Waals surface area contributed by atoms with Gasteiger partial charge in [0.2, 0.25) is 0 Å². The molecule has 18 heavy (non-hydrogen) atoms. The molecule has 7 heteroatoms. The Morgan fingerprint density at radius 3 is 2.44 bits per heavy atom. The Bertz CT molecular complexity index is 522. The van der Waals surface area contributed by atoms with Crippen LogP contribution < -0.4 is 0 Å². The van der Waals surface area contributed by atoms with E-state index in [4.69, 9.17) is 0 Å². The second-order valence-corrected chi connectivity index (χ2v) is 6.42. The van der Waals surface area contributed by atoms with Crippen LogP contribution in [-0.4, -0.2) is 28.2 Å². The molecule has 0 aromatic rings. The Labute approximate surface area is 106 Å². The minimum Gasteiger partial charge on any atom is -0.285 e. The summed E-state index contributed by atoms with van der Waals surface area (Å²) in [5.74, 6) is 0. The van der Waals surface area contributed by atoms with Gasteiger partial charge in [0, 0.05) is 11.8 Å². The number of hydrogen-bond acceptors (Lipinski definition) is 4.